The van der Waals surface area contributed by atoms with Crippen molar-refractivity contribution >= 4 is 27.6 Å². The Hall–Kier alpha value is -2.48. The van der Waals surface area contributed by atoms with Crippen molar-refractivity contribution in [1.29, 1.82) is 0 Å². The normalized spacial score (nSPS) is 15.1. The van der Waals surface area contributed by atoms with E-state index in [0.717, 1.165) is 29.0 Å². The fraction of sp³-hybridized carbons (Fsp3) is 0.111. The van der Waals surface area contributed by atoms with Gasteiger partial charge in [-0.25, -0.2) is 0 Å². The van der Waals surface area contributed by atoms with Crippen molar-refractivity contribution in [3.05, 3.63) is 65.8 Å². The van der Waals surface area contributed by atoms with Crippen LogP contribution in [0.25, 0.3) is 27.6 Å². The Labute approximate surface area is 117 Å². The van der Waals surface area contributed by atoms with Crippen LogP contribution in [0.4, 0.5) is 0 Å². The molecule has 0 saturated carbocycles. The summed E-state index contributed by atoms with van der Waals surface area (Å²) in [7, 11) is 0. The Morgan fingerprint density at radius 2 is 1.85 bits per heavy atom. The number of dihydropyridines is 1. The minimum atomic E-state index is 0.869. The summed E-state index contributed by atoms with van der Waals surface area (Å²) in [5.41, 5.74) is 5.45. The maximum absolute atomic E-state index is 6.07. The molecule has 0 atom stereocenters. The molecule has 0 aliphatic carbocycles. The van der Waals surface area contributed by atoms with E-state index in [0.29, 0.717) is 0 Å². The summed E-state index contributed by atoms with van der Waals surface area (Å²) in [5, 5.41) is 5.78. The van der Waals surface area contributed by atoms with Crippen LogP contribution >= 0.6 is 0 Å². The van der Waals surface area contributed by atoms with E-state index >= 15 is 0 Å². The molecule has 2 heteroatoms. The lowest BCUT2D eigenvalue weighted by Crippen LogP contribution is -2.15. The van der Waals surface area contributed by atoms with Gasteiger partial charge in [-0.3, -0.25) is 0 Å². The van der Waals surface area contributed by atoms with E-state index in [-0.39, 0.29) is 0 Å². The maximum atomic E-state index is 6.07. The second-order valence-corrected chi connectivity index (χ2v) is 5.17. The van der Waals surface area contributed by atoms with E-state index in [9.17, 15) is 0 Å². The highest BCUT2D eigenvalue weighted by molar-refractivity contribution is 6.08. The third kappa shape index (κ3) is 1.65. The topological polar surface area (TPSA) is 25.2 Å². The molecule has 1 aliphatic rings. The van der Waals surface area contributed by atoms with Crippen LogP contribution in [0, 0.1) is 0 Å². The molecule has 2 nitrogen and oxygen atoms in total. The molecular weight excluding hydrogens is 246 g/mol. The number of allylic oxidation sites excluding steroid dienone is 2. The molecular formula is C18H15NO. The van der Waals surface area contributed by atoms with Crippen molar-refractivity contribution < 1.29 is 4.42 Å². The highest BCUT2D eigenvalue weighted by atomic mass is 16.3. The fourth-order valence-electron chi connectivity index (χ4n) is 2.79. The Morgan fingerprint density at radius 3 is 2.75 bits per heavy atom. The van der Waals surface area contributed by atoms with Crippen molar-refractivity contribution in [2.24, 2.45) is 0 Å². The van der Waals surface area contributed by atoms with E-state index in [2.05, 4.69) is 54.7 Å². The second-order valence-electron chi connectivity index (χ2n) is 5.17. The average Bonchev–Trinajstić information content (AvgIpc) is 2.86. The Kier molecular flexibility index (Phi) is 2.43. The number of fused-ring (bicyclic) bond motifs is 3. The Balaban J connectivity index is 2.03. The van der Waals surface area contributed by atoms with Crippen molar-refractivity contribution in [3.8, 4) is 0 Å². The first-order valence-corrected chi connectivity index (χ1v) is 6.86. The number of hydrogen-bond acceptors (Lipinski definition) is 2. The van der Waals surface area contributed by atoms with Gasteiger partial charge in [-0.15, -0.1) is 0 Å². The standard InChI is InChI=1S/C18H15NO/c1-12-9-10-19-16(11-12)15-7-4-6-14-13-5-2-3-8-17(13)20-18(14)15/h2-9,11,19H,10H2,1H3. The van der Waals surface area contributed by atoms with Gasteiger partial charge in [-0.05, 0) is 25.1 Å². The molecule has 0 radical (unpaired) electrons. The Morgan fingerprint density at radius 1 is 1.00 bits per heavy atom. The largest absolute Gasteiger partial charge is 0.455 e. The highest BCUT2D eigenvalue weighted by Gasteiger charge is 2.14. The summed E-state index contributed by atoms with van der Waals surface area (Å²) in [6.45, 7) is 2.99. The predicted octanol–water partition coefficient (Wildman–Crippen LogP) is 4.48. The molecule has 0 saturated heterocycles. The monoisotopic (exact) mass is 261 g/mol. The number of hydrogen-bond donors (Lipinski definition) is 1. The molecule has 2 heterocycles. The quantitative estimate of drug-likeness (QED) is 0.698. The van der Waals surface area contributed by atoms with Crippen LogP contribution in [0.1, 0.15) is 12.5 Å². The zero-order valence-corrected chi connectivity index (χ0v) is 11.3. The maximum Gasteiger partial charge on any atom is 0.144 e. The first-order chi connectivity index (χ1) is 9.83. The smallest absolute Gasteiger partial charge is 0.144 e. The SMILES string of the molecule is CC1=CCNC(c2cccc3c2oc2ccccc23)=C1. The van der Waals surface area contributed by atoms with Gasteiger partial charge in [0.15, 0.2) is 0 Å². The van der Waals surface area contributed by atoms with Gasteiger partial charge in [0.2, 0.25) is 0 Å². The predicted molar refractivity (Wildman–Crippen MR) is 83.5 cm³/mol. The van der Waals surface area contributed by atoms with Crippen LogP contribution < -0.4 is 5.32 Å². The molecule has 0 fully saturated rings. The van der Waals surface area contributed by atoms with E-state index in [1.165, 1.54) is 16.3 Å². The number of nitrogens with one attached hydrogen (secondary N) is 1. The van der Waals surface area contributed by atoms with Gasteiger partial charge in [-0.2, -0.15) is 0 Å². The molecule has 1 aliphatic heterocycles. The molecule has 20 heavy (non-hydrogen) atoms. The summed E-state index contributed by atoms with van der Waals surface area (Å²) < 4.78 is 6.07. The summed E-state index contributed by atoms with van der Waals surface area (Å²) in [6, 6.07) is 14.5. The fourth-order valence-corrected chi connectivity index (χ4v) is 2.79. The van der Waals surface area contributed by atoms with Gasteiger partial charge in [-0.1, -0.05) is 42.0 Å². The van der Waals surface area contributed by atoms with Crippen molar-refractivity contribution in [3.63, 3.8) is 0 Å². The lowest BCUT2D eigenvalue weighted by Gasteiger charge is -2.14. The molecule has 0 amide bonds. The molecule has 98 valence electrons. The summed E-state index contributed by atoms with van der Waals surface area (Å²) in [4.78, 5) is 0. The number of para-hydroxylation sites is 2. The van der Waals surface area contributed by atoms with Gasteiger partial charge in [0, 0.05) is 28.6 Å². The second kappa shape index (κ2) is 4.27. The van der Waals surface area contributed by atoms with Crippen LogP contribution in [0.15, 0.2) is 64.6 Å². The minimum absolute atomic E-state index is 0.869. The van der Waals surface area contributed by atoms with Gasteiger partial charge < -0.3 is 9.73 Å². The zero-order chi connectivity index (χ0) is 13.5. The first kappa shape index (κ1) is 11.4. The molecule has 2 aromatic carbocycles. The molecule has 0 spiro atoms. The Bertz CT molecular complexity index is 867. The number of benzene rings is 2. The minimum Gasteiger partial charge on any atom is -0.455 e. The van der Waals surface area contributed by atoms with E-state index in [4.69, 9.17) is 4.42 Å². The number of furan rings is 1. The lowest BCUT2D eigenvalue weighted by atomic mass is 10.0. The van der Waals surface area contributed by atoms with Crippen molar-refractivity contribution in [1.82, 2.24) is 5.32 Å². The van der Waals surface area contributed by atoms with Gasteiger partial charge in [0.1, 0.15) is 11.2 Å². The molecule has 1 aromatic heterocycles. The summed E-state index contributed by atoms with van der Waals surface area (Å²) >= 11 is 0. The zero-order valence-electron chi connectivity index (χ0n) is 11.3. The van der Waals surface area contributed by atoms with E-state index in [1.807, 2.05) is 12.1 Å². The van der Waals surface area contributed by atoms with Crippen molar-refractivity contribution in [2.45, 2.75) is 6.92 Å². The third-order valence-corrected chi connectivity index (χ3v) is 3.78. The molecule has 0 unspecified atom stereocenters. The van der Waals surface area contributed by atoms with Gasteiger partial charge >= 0.3 is 0 Å². The van der Waals surface area contributed by atoms with Crippen LogP contribution in [0.5, 0.6) is 0 Å². The molecule has 0 bridgehead atoms. The lowest BCUT2D eigenvalue weighted by molar-refractivity contribution is 0.667. The molecule has 3 aromatic rings. The summed E-state index contributed by atoms with van der Waals surface area (Å²) in [6.07, 6.45) is 4.35. The molecule has 1 N–H and O–H groups in total. The first-order valence-electron chi connectivity index (χ1n) is 6.86. The van der Waals surface area contributed by atoms with Crippen LogP contribution in [-0.4, -0.2) is 6.54 Å². The van der Waals surface area contributed by atoms with Gasteiger partial charge in [0.05, 0.1) is 0 Å². The number of rotatable bonds is 1. The third-order valence-electron chi connectivity index (χ3n) is 3.78. The van der Waals surface area contributed by atoms with E-state index < -0.39 is 0 Å². The van der Waals surface area contributed by atoms with Crippen LogP contribution in [0.3, 0.4) is 0 Å². The highest BCUT2D eigenvalue weighted by Crippen LogP contribution is 2.33. The van der Waals surface area contributed by atoms with Crippen molar-refractivity contribution in [2.75, 3.05) is 6.54 Å². The average molecular weight is 261 g/mol. The molecule has 4 rings (SSSR count). The van der Waals surface area contributed by atoms with E-state index in [1.54, 1.807) is 0 Å². The van der Waals surface area contributed by atoms with Crippen LogP contribution in [0.2, 0.25) is 0 Å². The van der Waals surface area contributed by atoms with Crippen LogP contribution in [-0.2, 0) is 0 Å². The van der Waals surface area contributed by atoms with Gasteiger partial charge in [0.25, 0.3) is 0 Å². The summed E-state index contributed by atoms with van der Waals surface area (Å²) in [5.74, 6) is 0.